The van der Waals surface area contributed by atoms with Crippen molar-refractivity contribution in [2.75, 3.05) is 0 Å². The third kappa shape index (κ3) is 5.11. The Bertz CT molecular complexity index is 916. The van der Waals surface area contributed by atoms with Gasteiger partial charge in [0, 0.05) is 0 Å². The first-order valence-electron chi connectivity index (χ1n) is 12.6. The van der Waals surface area contributed by atoms with Crippen molar-refractivity contribution >= 4 is 0 Å². The average molecular weight is 431 g/mol. The van der Waals surface area contributed by atoms with Gasteiger partial charge in [0.1, 0.15) is 11.5 Å². The smallest absolute Gasteiger partial charge is 0.118 e. The van der Waals surface area contributed by atoms with E-state index in [1.165, 1.54) is 24.0 Å². The molecule has 0 saturated carbocycles. The molecule has 0 spiro atoms. The van der Waals surface area contributed by atoms with Crippen LogP contribution in [0.1, 0.15) is 99.3 Å². The van der Waals surface area contributed by atoms with Gasteiger partial charge in [-0.25, -0.2) is 0 Å². The molecule has 2 aromatic rings. The Labute approximate surface area is 193 Å². The molecule has 0 heterocycles. The van der Waals surface area contributed by atoms with Gasteiger partial charge in [0.05, 0.1) is 0 Å². The van der Waals surface area contributed by atoms with Crippen molar-refractivity contribution in [3.8, 4) is 11.5 Å². The van der Waals surface area contributed by atoms with Crippen LogP contribution in [0.4, 0.5) is 0 Å². The van der Waals surface area contributed by atoms with E-state index in [1.54, 1.807) is 11.1 Å². The number of phenolic OH excluding ortho intramolecular Hbond substituents is 2. The molecule has 2 aliphatic carbocycles. The SMILES string of the molecule is CCCc1cc(C2CC=C(C3=CCC(c4ccc(O)c(CCC)c4)CC3)CC2)ccc1O. The lowest BCUT2D eigenvalue weighted by Gasteiger charge is -2.28. The van der Waals surface area contributed by atoms with Gasteiger partial charge in [-0.2, -0.15) is 0 Å². The zero-order chi connectivity index (χ0) is 22.5. The maximum absolute atomic E-state index is 10.1. The van der Waals surface area contributed by atoms with Gasteiger partial charge in [0.15, 0.2) is 0 Å². The molecule has 0 amide bonds. The molecule has 2 aromatic carbocycles. The van der Waals surface area contributed by atoms with E-state index in [4.69, 9.17) is 0 Å². The Morgan fingerprint density at radius 3 is 1.47 bits per heavy atom. The summed E-state index contributed by atoms with van der Waals surface area (Å²) in [6, 6.07) is 12.5. The summed E-state index contributed by atoms with van der Waals surface area (Å²) in [7, 11) is 0. The van der Waals surface area contributed by atoms with Crippen molar-refractivity contribution in [2.24, 2.45) is 0 Å². The van der Waals surface area contributed by atoms with Gasteiger partial charge in [-0.3, -0.25) is 0 Å². The molecule has 2 aliphatic rings. The van der Waals surface area contributed by atoms with Crippen molar-refractivity contribution < 1.29 is 10.2 Å². The van der Waals surface area contributed by atoms with E-state index in [0.717, 1.165) is 62.5 Å². The number of hydrogen-bond acceptors (Lipinski definition) is 2. The minimum atomic E-state index is 0.444. The van der Waals surface area contributed by atoms with Crippen LogP contribution >= 0.6 is 0 Å². The molecule has 0 bridgehead atoms. The lowest BCUT2D eigenvalue weighted by atomic mass is 9.77. The Hall–Kier alpha value is -2.48. The lowest BCUT2D eigenvalue weighted by Crippen LogP contribution is -2.10. The summed E-state index contributed by atoms with van der Waals surface area (Å²) in [6.45, 7) is 4.33. The fourth-order valence-electron chi connectivity index (χ4n) is 5.52. The highest BCUT2D eigenvalue weighted by atomic mass is 16.3. The molecule has 2 atom stereocenters. The van der Waals surface area contributed by atoms with Crippen molar-refractivity contribution in [1.82, 2.24) is 0 Å². The second kappa shape index (κ2) is 10.4. The monoisotopic (exact) mass is 430 g/mol. The molecule has 4 rings (SSSR count). The van der Waals surface area contributed by atoms with Gasteiger partial charge >= 0.3 is 0 Å². The Kier molecular flexibility index (Phi) is 7.40. The summed E-state index contributed by atoms with van der Waals surface area (Å²) in [5.74, 6) is 2.03. The van der Waals surface area contributed by atoms with E-state index in [2.05, 4.69) is 50.3 Å². The highest BCUT2D eigenvalue weighted by molar-refractivity contribution is 5.42. The second-order valence-corrected chi connectivity index (χ2v) is 9.68. The number of rotatable bonds is 7. The van der Waals surface area contributed by atoms with Gasteiger partial charge in [0.2, 0.25) is 0 Å². The molecule has 2 nitrogen and oxygen atoms in total. The maximum atomic E-state index is 10.1. The minimum Gasteiger partial charge on any atom is -0.508 e. The summed E-state index contributed by atoms with van der Waals surface area (Å²) < 4.78 is 0. The Balaban J connectivity index is 1.40. The molecule has 0 aliphatic heterocycles. The summed E-state index contributed by atoms with van der Waals surface area (Å²) in [6.07, 6.45) is 15.9. The van der Waals surface area contributed by atoms with E-state index < -0.39 is 0 Å². The molecule has 2 heteroatoms. The lowest BCUT2D eigenvalue weighted by molar-refractivity contribution is 0.466. The molecule has 2 N–H and O–H groups in total. The van der Waals surface area contributed by atoms with Crippen LogP contribution in [0, 0.1) is 0 Å². The normalized spacial score (nSPS) is 21.2. The topological polar surface area (TPSA) is 40.5 Å². The number of phenols is 2. The molecule has 170 valence electrons. The first-order chi connectivity index (χ1) is 15.6. The quantitative estimate of drug-likeness (QED) is 0.466. The van der Waals surface area contributed by atoms with E-state index in [9.17, 15) is 10.2 Å². The van der Waals surface area contributed by atoms with Gasteiger partial charge in [-0.05, 0) is 109 Å². The number of aryl methyl sites for hydroxylation is 2. The van der Waals surface area contributed by atoms with Crippen molar-refractivity contribution in [3.63, 3.8) is 0 Å². The standard InChI is InChI=1S/C30H38O2/c1-3-5-27-19-25(15-17-29(27)31)23-11-7-21(8-12-23)22-9-13-24(14-10-22)26-16-18-30(32)28(20-26)6-4-2/h7,9,15-20,23-24,31-32H,3-6,8,10-14H2,1-2H3. The predicted octanol–water partition coefficient (Wildman–Crippen LogP) is 8.09. The Morgan fingerprint density at radius 2 is 1.12 bits per heavy atom. The van der Waals surface area contributed by atoms with Crippen LogP contribution in [-0.4, -0.2) is 10.2 Å². The second-order valence-electron chi connectivity index (χ2n) is 9.68. The maximum Gasteiger partial charge on any atom is 0.118 e. The highest BCUT2D eigenvalue weighted by Gasteiger charge is 2.23. The molecule has 0 aromatic heterocycles. The molecule has 0 saturated heterocycles. The summed E-state index contributed by atoms with van der Waals surface area (Å²) >= 11 is 0. The van der Waals surface area contributed by atoms with E-state index in [0.29, 0.717) is 23.3 Å². The van der Waals surface area contributed by atoms with Gasteiger partial charge in [-0.15, -0.1) is 0 Å². The van der Waals surface area contributed by atoms with Crippen LogP contribution < -0.4 is 0 Å². The van der Waals surface area contributed by atoms with E-state index in [-0.39, 0.29) is 0 Å². The number of allylic oxidation sites excluding steroid dienone is 4. The molecule has 0 radical (unpaired) electrons. The molecular formula is C30H38O2. The van der Waals surface area contributed by atoms with Crippen LogP contribution in [0.3, 0.4) is 0 Å². The van der Waals surface area contributed by atoms with E-state index in [1.807, 2.05) is 12.1 Å². The third-order valence-corrected chi connectivity index (χ3v) is 7.42. The van der Waals surface area contributed by atoms with Gasteiger partial charge in [0.25, 0.3) is 0 Å². The van der Waals surface area contributed by atoms with Crippen LogP contribution in [0.25, 0.3) is 0 Å². The van der Waals surface area contributed by atoms with Crippen LogP contribution in [0.15, 0.2) is 59.7 Å². The van der Waals surface area contributed by atoms with Crippen molar-refractivity contribution in [3.05, 3.63) is 82.0 Å². The van der Waals surface area contributed by atoms with Crippen LogP contribution in [0.2, 0.25) is 0 Å². The number of hydrogen-bond donors (Lipinski definition) is 2. The van der Waals surface area contributed by atoms with E-state index >= 15 is 0 Å². The first kappa shape index (κ1) is 22.7. The largest absolute Gasteiger partial charge is 0.508 e. The average Bonchev–Trinajstić information content (AvgIpc) is 2.82. The van der Waals surface area contributed by atoms with Gasteiger partial charge in [-0.1, -0.05) is 63.1 Å². The third-order valence-electron chi connectivity index (χ3n) is 7.42. The fraction of sp³-hybridized carbons (Fsp3) is 0.467. The number of benzene rings is 2. The number of aromatic hydroxyl groups is 2. The zero-order valence-electron chi connectivity index (χ0n) is 19.7. The summed E-state index contributed by atoms with van der Waals surface area (Å²) in [4.78, 5) is 0. The minimum absolute atomic E-state index is 0.444. The molecule has 2 unspecified atom stereocenters. The molecule has 32 heavy (non-hydrogen) atoms. The van der Waals surface area contributed by atoms with Crippen molar-refractivity contribution in [1.29, 1.82) is 0 Å². The van der Waals surface area contributed by atoms with Crippen molar-refractivity contribution in [2.45, 2.75) is 89.9 Å². The Morgan fingerprint density at radius 1 is 0.688 bits per heavy atom. The fourth-order valence-corrected chi connectivity index (χ4v) is 5.52. The predicted molar refractivity (Wildman–Crippen MR) is 134 cm³/mol. The van der Waals surface area contributed by atoms with Crippen LogP contribution in [0.5, 0.6) is 11.5 Å². The van der Waals surface area contributed by atoms with Gasteiger partial charge < -0.3 is 10.2 Å². The molecular weight excluding hydrogens is 392 g/mol. The summed E-state index contributed by atoms with van der Waals surface area (Å²) in [5, 5.41) is 20.2. The first-order valence-corrected chi connectivity index (χ1v) is 12.6. The molecule has 0 fully saturated rings. The highest BCUT2D eigenvalue weighted by Crippen LogP contribution is 2.41. The zero-order valence-corrected chi connectivity index (χ0v) is 19.7. The summed E-state index contributed by atoms with van der Waals surface area (Å²) in [5.41, 5.74) is 8.08. The van der Waals surface area contributed by atoms with Crippen LogP contribution in [-0.2, 0) is 12.8 Å².